The van der Waals surface area contributed by atoms with Crippen molar-refractivity contribution in [3.8, 4) is 0 Å². The number of hydrogen-bond donors (Lipinski definition) is 3. The van der Waals surface area contributed by atoms with Crippen LogP contribution in [0.25, 0.3) is 0 Å². The predicted octanol–water partition coefficient (Wildman–Crippen LogP) is 2.51. The van der Waals surface area contributed by atoms with Gasteiger partial charge in [-0.05, 0) is 18.8 Å². The lowest BCUT2D eigenvalue weighted by atomic mass is 9.97. The second kappa shape index (κ2) is 8.02. The van der Waals surface area contributed by atoms with E-state index in [9.17, 15) is 9.59 Å². The van der Waals surface area contributed by atoms with Crippen molar-refractivity contribution >= 4 is 12.0 Å². The predicted molar refractivity (Wildman–Crippen MR) is 74.0 cm³/mol. The van der Waals surface area contributed by atoms with E-state index in [0.29, 0.717) is 0 Å². The Hall–Kier alpha value is -1.26. The van der Waals surface area contributed by atoms with Gasteiger partial charge in [-0.25, -0.2) is 9.59 Å². The van der Waals surface area contributed by atoms with Crippen LogP contribution in [0.4, 0.5) is 4.79 Å². The molecular weight excluding hydrogens is 244 g/mol. The standard InChI is InChI=1S/C14H26N2O3/c1-10(2)12(13(17)18)16-14(19)15-11-8-6-4-3-5-7-9-11/h10-12H,3-9H2,1-2H3,(H,17,18)(H2,15,16,19)/t12-/m0/s1. The van der Waals surface area contributed by atoms with Gasteiger partial charge in [0.05, 0.1) is 0 Å². The Bertz CT molecular complexity index is 297. The van der Waals surface area contributed by atoms with E-state index < -0.39 is 12.0 Å². The topological polar surface area (TPSA) is 78.4 Å². The Kier molecular flexibility index (Phi) is 6.67. The van der Waals surface area contributed by atoms with Crippen LogP contribution in [0.5, 0.6) is 0 Å². The van der Waals surface area contributed by atoms with Gasteiger partial charge in [-0.15, -0.1) is 0 Å². The molecule has 2 amide bonds. The molecule has 1 aliphatic carbocycles. The largest absolute Gasteiger partial charge is 0.480 e. The third kappa shape index (κ3) is 5.94. The molecule has 1 rings (SSSR count). The molecule has 0 radical (unpaired) electrons. The van der Waals surface area contributed by atoms with Crippen LogP contribution in [0.3, 0.4) is 0 Å². The van der Waals surface area contributed by atoms with E-state index in [4.69, 9.17) is 5.11 Å². The van der Waals surface area contributed by atoms with Crippen molar-refractivity contribution in [3.05, 3.63) is 0 Å². The quantitative estimate of drug-likeness (QED) is 0.734. The Morgan fingerprint density at radius 2 is 1.58 bits per heavy atom. The summed E-state index contributed by atoms with van der Waals surface area (Å²) in [6.07, 6.45) is 8.00. The Morgan fingerprint density at radius 3 is 2.05 bits per heavy atom. The summed E-state index contributed by atoms with van der Waals surface area (Å²) in [5, 5.41) is 14.5. The lowest BCUT2D eigenvalue weighted by Gasteiger charge is -2.23. The molecule has 3 N–H and O–H groups in total. The minimum absolute atomic E-state index is 0.124. The second-order valence-corrected chi connectivity index (χ2v) is 5.72. The van der Waals surface area contributed by atoms with Crippen LogP contribution in [0.2, 0.25) is 0 Å². The number of carbonyl (C=O) groups excluding carboxylic acids is 1. The van der Waals surface area contributed by atoms with Gasteiger partial charge < -0.3 is 15.7 Å². The number of amides is 2. The number of nitrogens with one attached hydrogen (secondary N) is 2. The summed E-state index contributed by atoms with van der Waals surface area (Å²) in [6, 6.07) is -0.998. The molecule has 0 heterocycles. The molecule has 0 aliphatic heterocycles. The maximum Gasteiger partial charge on any atom is 0.326 e. The van der Waals surface area contributed by atoms with Gasteiger partial charge in [0.15, 0.2) is 0 Å². The van der Waals surface area contributed by atoms with Crippen LogP contribution in [0.1, 0.15) is 58.8 Å². The molecule has 0 saturated heterocycles. The Morgan fingerprint density at radius 1 is 1.05 bits per heavy atom. The summed E-state index contributed by atoms with van der Waals surface area (Å²) >= 11 is 0. The fraction of sp³-hybridized carbons (Fsp3) is 0.857. The van der Waals surface area contributed by atoms with Gasteiger partial charge in [0.2, 0.25) is 0 Å². The van der Waals surface area contributed by atoms with E-state index in [1.807, 2.05) is 0 Å². The summed E-state index contributed by atoms with van der Waals surface area (Å²) in [5.41, 5.74) is 0. The highest BCUT2D eigenvalue weighted by molar-refractivity contribution is 5.82. The molecule has 0 aromatic heterocycles. The number of rotatable bonds is 4. The molecular formula is C14H26N2O3. The van der Waals surface area contributed by atoms with Crippen molar-refractivity contribution in [3.63, 3.8) is 0 Å². The molecule has 1 saturated carbocycles. The molecule has 0 aromatic carbocycles. The number of carboxylic acid groups (broad SMARTS) is 1. The first kappa shape index (κ1) is 15.8. The molecule has 1 atom stereocenters. The Balaban J connectivity index is 2.41. The third-order valence-electron chi connectivity index (χ3n) is 3.66. The maximum absolute atomic E-state index is 11.8. The summed E-state index contributed by atoms with van der Waals surface area (Å²) in [6.45, 7) is 3.57. The highest BCUT2D eigenvalue weighted by Gasteiger charge is 2.24. The molecule has 5 heteroatoms. The fourth-order valence-electron chi connectivity index (χ4n) is 2.48. The molecule has 0 spiro atoms. The van der Waals surface area contributed by atoms with Gasteiger partial charge in [-0.2, -0.15) is 0 Å². The maximum atomic E-state index is 11.8. The summed E-state index contributed by atoms with van der Waals surface area (Å²) < 4.78 is 0. The lowest BCUT2D eigenvalue weighted by molar-refractivity contribution is -0.140. The molecule has 0 aromatic rings. The van der Waals surface area contributed by atoms with Gasteiger partial charge >= 0.3 is 12.0 Å². The highest BCUT2D eigenvalue weighted by Crippen LogP contribution is 2.17. The average Bonchev–Trinajstić information content (AvgIpc) is 2.28. The fourth-order valence-corrected chi connectivity index (χ4v) is 2.48. The van der Waals surface area contributed by atoms with Crippen molar-refractivity contribution in [2.45, 2.75) is 70.9 Å². The van der Waals surface area contributed by atoms with E-state index in [1.165, 1.54) is 19.3 Å². The zero-order valence-electron chi connectivity index (χ0n) is 11.9. The highest BCUT2D eigenvalue weighted by atomic mass is 16.4. The zero-order chi connectivity index (χ0) is 14.3. The van der Waals surface area contributed by atoms with E-state index >= 15 is 0 Å². The first-order valence-electron chi connectivity index (χ1n) is 7.30. The van der Waals surface area contributed by atoms with E-state index in [0.717, 1.165) is 25.7 Å². The molecule has 0 bridgehead atoms. The van der Waals surface area contributed by atoms with Gasteiger partial charge in [0, 0.05) is 6.04 Å². The van der Waals surface area contributed by atoms with Gasteiger partial charge in [-0.1, -0.05) is 46.0 Å². The second-order valence-electron chi connectivity index (χ2n) is 5.72. The number of carbonyl (C=O) groups is 2. The van der Waals surface area contributed by atoms with Crippen LogP contribution in [-0.2, 0) is 4.79 Å². The number of aliphatic carboxylic acids is 1. The number of urea groups is 1. The smallest absolute Gasteiger partial charge is 0.326 e. The molecule has 1 aliphatic rings. The molecule has 110 valence electrons. The minimum atomic E-state index is -0.984. The summed E-state index contributed by atoms with van der Waals surface area (Å²) in [7, 11) is 0. The molecule has 5 nitrogen and oxygen atoms in total. The molecule has 19 heavy (non-hydrogen) atoms. The third-order valence-corrected chi connectivity index (χ3v) is 3.66. The minimum Gasteiger partial charge on any atom is -0.480 e. The Labute approximate surface area is 115 Å². The monoisotopic (exact) mass is 270 g/mol. The van der Waals surface area contributed by atoms with E-state index in [-0.39, 0.29) is 18.0 Å². The van der Waals surface area contributed by atoms with Crippen LogP contribution >= 0.6 is 0 Å². The summed E-state index contributed by atoms with van der Waals surface area (Å²) in [5.74, 6) is -1.11. The average molecular weight is 270 g/mol. The number of carboxylic acids is 1. The van der Waals surface area contributed by atoms with Crippen molar-refractivity contribution < 1.29 is 14.7 Å². The SMILES string of the molecule is CC(C)[C@H](NC(=O)NC1CCCCCCC1)C(=O)O. The molecule has 1 fully saturated rings. The molecule has 0 unspecified atom stereocenters. The van der Waals surface area contributed by atoms with Crippen LogP contribution in [0.15, 0.2) is 0 Å². The van der Waals surface area contributed by atoms with Crippen molar-refractivity contribution in [1.82, 2.24) is 10.6 Å². The lowest BCUT2D eigenvalue weighted by Crippen LogP contribution is -2.51. The van der Waals surface area contributed by atoms with E-state index in [2.05, 4.69) is 10.6 Å². The van der Waals surface area contributed by atoms with Crippen LogP contribution < -0.4 is 10.6 Å². The van der Waals surface area contributed by atoms with Gasteiger partial charge in [-0.3, -0.25) is 0 Å². The van der Waals surface area contributed by atoms with Crippen LogP contribution in [0, 0.1) is 5.92 Å². The first-order chi connectivity index (χ1) is 9.00. The normalized spacial score (nSPS) is 19.3. The van der Waals surface area contributed by atoms with E-state index in [1.54, 1.807) is 13.8 Å². The van der Waals surface area contributed by atoms with Crippen LogP contribution in [-0.4, -0.2) is 29.2 Å². The van der Waals surface area contributed by atoms with Crippen molar-refractivity contribution in [2.24, 2.45) is 5.92 Å². The zero-order valence-corrected chi connectivity index (χ0v) is 11.9. The van der Waals surface area contributed by atoms with Gasteiger partial charge in [0.1, 0.15) is 6.04 Å². The first-order valence-corrected chi connectivity index (χ1v) is 7.30. The summed E-state index contributed by atoms with van der Waals surface area (Å²) in [4.78, 5) is 22.9. The van der Waals surface area contributed by atoms with Gasteiger partial charge in [0.25, 0.3) is 0 Å². The van der Waals surface area contributed by atoms with Crippen molar-refractivity contribution in [1.29, 1.82) is 0 Å². The van der Waals surface area contributed by atoms with Crippen molar-refractivity contribution in [2.75, 3.05) is 0 Å². The number of hydrogen-bond acceptors (Lipinski definition) is 2.